The zero-order chi connectivity index (χ0) is 36.5. The Morgan fingerprint density at radius 3 is 2.32 bits per heavy atom. The number of amides is 4. The number of nitrogens with zero attached hydrogens (tertiary/aromatic N) is 3. The average Bonchev–Trinajstić information content (AvgIpc) is 3.18. The number of ether oxygens (including phenoxy) is 4. The molecule has 1 aromatic rings. The molecule has 2 bridgehead atoms. The van der Waals surface area contributed by atoms with Crippen molar-refractivity contribution in [3.63, 3.8) is 0 Å². The Balaban J connectivity index is 1.04. The van der Waals surface area contributed by atoms with Crippen molar-refractivity contribution >= 4 is 23.5 Å². The first-order chi connectivity index (χ1) is 23.7. The maximum absolute atomic E-state index is 13.5. The fraction of sp³-hybridized carbons (Fsp3) is 0.722. The lowest BCUT2D eigenvalue weighted by Gasteiger charge is -2.40. The summed E-state index contributed by atoms with van der Waals surface area (Å²) in [4.78, 5) is 40.5. The number of alkyl halides is 3. The third kappa shape index (κ3) is 9.96. The van der Waals surface area contributed by atoms with Crippen LogP contribution in [0.5, 0.6) is 0 Å². The molecular weight excluding hydrogens is 657 g/mol. The second-order valence-corrected chi connectivity index (χ2v) is 14.3. The Bertz CT molecular complexity index is 1380. The van der Waals surface area contributed by atoms with Crippen LogP contribution in [0.4, 0.5) is 23.7 Å². The first kappa shape index (κ1) is 39.5. The number of benzene rings is 1. The third-order valence-corrected chi connectivity index (χ3v) is 10.1. The second kappa shape index (κ2) is 17.3. The van der Waals surface area contributed by atoms with Crippen molar-refractivity contribution < 1.29 is 46.5 Å². The molecule has 278 valence electrons. The summed E-state index contributed by atoms with van der Waals surface area (Å²) in [6.07, 6.45) is 1.50. The minimum Gasteiger partial charge on any atom is -0.377 e. The SMILES string of the molecule is CC1CC2CCC(OCCOCCOCCOCCNC(=O)CCCN3C(=O)N(c4ccc(C#N)c(C(F)(F)F)c4)C(=O)C3(C)C)(C1)CC2C. The van der Waals surface area contributed by atoms with Crippen LogP contribution in [0.1, 0.15) is 83.8 Å². The zero-order valence-corrected chi connectivity index (χ0v) is 29.6. The number of halogens is 3. The van der Waals surface area contributed by atoms with Gasteiger partial charge in [-0.15, -0.1) is 0 Å². The van der Waals surface area contributed by atoms with Crippen LogP contribution >= 0.6 is 0 Å². The van der Waals surface area contributed by atoms with Crippen LogP contribution in [0, 0.1) is 29.1 Å². The van der Waals surface area contributed by atoms with Crippen LogP contribution in [0.25, 0.3) is 0 Å². The minimum atomic E-state index is -4.84. The quantitative estimate of drug-likeness (QED) is 0.152. The van der Waals surface area contributed by atoms with E-state index in [2.05, 4.69) is 19.2 Å². The van der Waals surface area contributed by atoms with Gasteiger partial charge in [-0.3, -0.25) is 9.59 Å². The molecule has 1 saturated heterocycles. The fourth-order valence-electron chi connectivity index (χ4n) is 7.60. The highest BCUT2D eigenvalue weighted by atomic mass is 19.4. The molecule has 14 heteroatoms. The van der Waals surface area contributed by atoms with Gasteiger partial charge < -0.3 is 29.2 Å². The van der Waals surface area contributed by atoms with Gasteiger partial charge in [0.2, 0.25) is 5.91 Å². The van der Waals surface area contributed by atoms with Gasteiger partial charge in [0.15, 0.2) is 0 Å². The second-order valence-electron chi connectivity index (χ2n) is 14.3. The van der Waals surface area contributed by atoms with E-state index < -0.39 is 34.8 Å². The number of urea groups is 1. The highest BCUT2D eigenvalue weighted by Gasteiger charge is 2.52. The molecule has 4 atom stereocenters. The molecule has 4 amide bonds. The van der Waals surface area contributed by atoms with Crippen molar-refractivity contribution in [2.75, 3.05) is 64.2 Å². The molecular formula is C36H51F3N4O7. The van der Waals surface area contributed by atoms with Crippen LogP contribution in [-0.2, 0) is 34.7 Å². The molecule has 4 unspecified atom stereocenters. The lowest BCUT2D eigenvalue weighted by Crippen LogP contribution is -2.44. The number of carbonyl (C=O) groups is 3. The smallest absolute Gasteiger partial charge is 0.377 e. The van der Waals surface area contributed by atoms with Gasteiger partial charge in [0.25, 0.3) is 5.91 Å². The Morgan fingerprint density at radius 2 is 1.68 bits per heavy atom. The monoisotopic (exact) mass is 708 g/mol. The molecule has 3 saturated carbocycles. The summed E-state index contributed by atoms with van der Waals surface area (Å²) in [5.74, 6) is 1.31. The van der Waals surface area contributed by atoms with Crippen LogP contribution in [0.2, 0.25) is 0 Å². The highest BCUT2D eigenvalue weighted by molar-refractivity contribution is 6.23. The van der Waals surface area contributed by atoms with Crippen molar-refractivity contribution in [1.82, 2.24) is 10.2 Å². The predicted octanol–water partition coefficient (Wildman–Crippen LogP) is 5.69. The summed E-state index contributed by atoms with van der Waals surface area (Å²) in [6.45, 7) is 11.1. The zero-order valence-electron chi connectivity index (χ0n) is 29.6. The highest BCUT2D eigenvalue weighted by Crippen LogP contribution is 2.49. The summed E-state index contributed by atoms with van der Waals surface area (Å²) in [5.41, 5.74) is -3.45. The summed E-state index contributed by atoms with van der Waals surface area (Å²) in [5, 5.41) is 11.8. The average molecular weight is 709 g/mol. The summed E-state index contributed by atoms with van der Waals surface area (Å²) < 4.78 is 63.6. The number of imide groups is 1. The van der Waals surface area contributed by atoms with Gasteiger partial charge in [-0.05, 0) is 88.3 Å². The van der Waals surface area contributed by atoms with Gasteiger partial charge in [-0.1, -0.05) is 13.8 Å². The number of hydrogen-bond donors (Lipinski definition) is 1. The van der Waals surface area contributed by atoms with E-state index >= 15 is 0 Å². The number of anilines is 1. The van der Waals surface area contributed by atoms with Crippen molar-refractivity contribution in [3.8, 4) is 6.07 Å². The fourth-order valence-corrected chi connectivity index (χ4v) is 7.60. The van der Waals surface area contributed by atoms with Crippen LogP contribution in [0.15, 0.2) is 18.2 Å². The Labute approximate surface area is 292 Å². The Hall–Kier alpha value is -3.25. The van der Waals surface area contributed by atoms with Crippen molar-refractivity contribution in [2.24, 2.45) is 17.8 Å². The van der Waals surface area contributed by atoms with E-state index in [-0.39, 0.29) is 49.7 Å². The molecule has 0 radical (unpaired) electrons. The predicted molar refractivity (Wildman–Crippen MR) is 178 cm³/mol. The van der Waals surface area contributed by atoms with E-state index in [9.17, 15) is 27.6 Å². The standard InChI is InChI=1S/C36H51F3N4O7/c1-25-20-27-9-10-35(22-25,23-26(27)2)50-19-18-49-17-16-48-15-14-47-13-11-41-31(44)6-5-12-42-33(46)43(32(45)34(42,3)4)29-8-7-28(24-40)30(21-29)36(37,38)39/h7-8,21,25-27H,5-6,9-20,22-23H2,1-4H3,(H,41,44). The molecule has 1 N–H and O–H groups in total. The van der Waals surface area contributed by atoms with Crippen molar-refractivity contribution in [1.29, 1.82) is 5.26 Å². The van der Waals surface area contributed by atoms with Crippen LogP contribution in [0.3, 0.4) is 0 Å². The molecule has 5 rings (SSSR count). The number of nitrogens with one attached hydrogen (secondary N) is 1. The van der Waals surface area contributed by atoms with Crippen molar-refractivity contribution in [2.45, 2.75) is 90.0 Å². The number of nitriles is 1. The lowest BCUT2D eigenvalue weighted by molar-refractivity contribution is -0.137. The molecule has 0 spiro atoms. The summed E-state index contributed by atoms with van der Waals surface area (Å²) in [6, 6.07) is 3.38. The molecule has 3 aliphatic carbocycles. The first-order valence-corrected chi connectivity index (χ1v) is 17.6. The van der Waals surface area contributed by atoms with E-state index in [1.165, 1.54) is 37.7 Å². The Morgan fingerprint density at radius 1 is 1.02 bits per heavy atom. The largest absolute Gasteiger partial charge is 0.417 e. The van der Waals surface area contributed by atoms with E-state index in [1.54, 1.807) is 0 Å². The van der Waals surface area contributed by atoms with E-state index in [1.807, 2.05) is 0 Å². The lowest BCUT2D eigenvalue weighted by atomic mass is 9.74. The van der Waals surface area contributed by atoms with E-state index in [4.69, 9.17) is 24.2 Å². The summed E-state index contributed by atoms with van der Waals surface area (Å²) in [7, 11) is 0. The number of hydrogen-bond acceptors (Lipinski definition) is 8. The number of fused-ring (bicyclic) bond motifs is 4. The maximum Gasteiger partial charge on any atom is 0.417 e. The van der Waals surface area contributed by atoms with Gasteiger partial charge >= 0.3 is 12.2 Å². The normalized spacial score (nSPS) is 24.8. The van der Waals surface area contributed by atoms with Gasteiger partial charge in [-0.25, -0.2) is 9.69 Å². The van der Waals surface area contributed by atoms with Gasteiger partial charge in [0.05, 0.1) is 74.7 Å². The molecule has 4 aliphatic rings. The Kier molecular flexibility index (Phi) is 13.7. The molecule has 0 aromatic heterocycles. The minimum absolute atomic E-state index is 0.0190. The van der Waals surface area contributed by atoms with Gasteiger partial charge in [-0.2, -0.15) is 18.4 Å². The molecule has 1 aliphatic heterocycles. The van der Waals surface area contributed by atoms with Gasteiger partial charge in [0.1, 0.15) is 5.54 Å². The molecule has 1 heterocycles. The molecule has 50 heavy (non-hydrogen) atoms. The number of carbonyl (C=O) groups excluding carboxylic acids is 3. The molecule has 4 fully saturated rings. The van der Waals surface area contributed by atoms with Crippen LogP contribution in [-0.4, -0.2) is 93.2 Å². The number of rotatable bonds is 18. The van der Waals surface area contributed by atoms with E-state index in [0.29, 0.717) is 56.5 Å². The van der Waals surface area contributed by atoms with Crippen molar-refractivity contribution in [3.05, 3.63) is 29.3 Å². The van der Waals surface area contributed by atoms with E-state index in [0.717, 1.165) is 43.2 Å². The van der Waals surface area contributed by atoms with Crippen LogP contribution < -0.4 is 10.2 Å². The molecule has 1 aromatic carbocycles. The maximum atomic E-state index is 13.5. The third-order valence-electron chi connectivity index (χ3n) is 10.1. The van der Waals surface area contributed by atoms with Gasteiger partial charge in [0, 0.05) is 19.5 Å². The topological polar surface area (TPSA) is 130 Å². The first-order valence-electron chi connectivity index (χ1n) is 17.6. The molecule has 11 nitrogen and oxygen atoms in total. The summed E-state index contributed by atoms with van der Waals surface area (Å²) >= 11 is 0.